The van der Waals surface area contributed by atoms with Gasteiger partial charge in [0.1, 0.15) is 0 Å². The van der Waals surface area contributed by atoms with E-state index in [4.69, 9.17) is 0 Å². The van der Waals surface area contributed by atoms with E-state index in [0.29, 0.717) is 35.0 Å². The molecule has 192 valence electrons. The number of likely N-dealkylation sites (tertiary alicyclic amines) is 1. The Morgan fingerprint density at radius 3 is 2.43 bits per heavy atom. The van der Waals surface area contributed by atoms with Crippen LogP contribution in [0.1, 0.15) is 114 Å². The zero-order valence-electron chi connectivity index (χ0n) is 22.4. The first-order valence-electron chi connectivity index (χ1n) is 14.7. The number of amides is 1. The molecule has 7 atom stereocenters. The molecule has 1 aromatic rings. The zero-order valence-corrected chi connectivity index (χ0v) is 22.4. The number of rotatable bonds is 8. The van der Waals surface area contributed by atoms with E-state index >= 15 is 0 Å². The lowest BCUT2D eigenvalue weighted by Crippen LogP contribution is -2.61. The van der Waals surface area contributed by atoms with Gasteiger partial charge in [-0.2, -0.15) is 0 Å². The number of carbonyl (C=O) groups excluding carboxylic acids is 2. The fourth-order valence-corrected chi connectivity index (χ4v) is 9.53. The molecule has 1 saturated heterocycles. The van der Waals surface area contributed by atoms with Crippen LogP contribution in [0.25, 0.3) is 0 Å². The van der Waals surface area contributed by atoms with Crippen molar-refractivity contribution >= 4 is 11.7 Å². The lowest BCUT2D eigenvalue weighted by Gasteiger charge is -2.62. The summed E-state index contributed by atoms with van der Waals surface area (Å²) in [6.07, 6.45) is 16.9. The van der Waals surface area contributed by atoms with Gasteiger partial charge in [-0.1, -0.05) is 63.4 Å². The molecule has 0 aromatic heterocycles. The van der Waals surface area contributed by atoms with Crippen LogP contribution >= 0.6 is 0 Å². The number of fused-ring (bicyclic) bond motifs is 5. The van der Waals surface area contributed by atoms with Gasteiger partial charge in [-0.3, -0.25) is 9.59 Å². The van der Waals surface area contributed by atoms with E-state index in [9.17, 15) is 9.59 Å². The Morgan fingerprint density at radius 1 is 0.886 bits per heavy atom. The number of hydrogen-bond acceptors (Lipinski definition) is 2. The van der Waals surface area contributed by atoms with Crippen LogP contribution in [0.5, 0.6) is 0 Å². The minimum absolute atomic E-state index is 0.297. The first kappa shape index (κ1) is 25.0. The third-order valence-corrected chi connectivity index (χ3v) is 11.6. The molecular formula is C32H47NO2. The van der Waals surface area contributed by atoms with E-state index in [1.165, 1.54) is 64.2 Å². The normalized spacial score (nSPS) is 38.5. The van der Waals surface area contributed by atoms with Crippen molar-refractivity contribution in [3.05, 3.63) is 35.9 Å². The topological polar surface area (TPSA) is 37.4 Å². The summed E-state index contributed by atoms with van der Waals surface area (Å²) in [5, 5.41) is 0. The second kappa shape index (κ2) is 10.0. The van der Waals surface area contributed by atoms with Crippen molar-refractivity contribution in [2.75, 3.05) is 7.05 Å². The summed E-state index contributed by atoms with van der Waals surface area (Å²) in [6, 6.07) is 10.2. The summed E-state index contributed by atoms with van der Waals surface area (Å²) >= 11 is 0. The fourth-order valence-electron chi connectivity index (χ4n) is 9.53. The highest BCUT2D eigenvalue weighted by atomic mass is 16.2. The van der Waals surface area contributed by atoms with E-state index in [2.05, 4.69) is 25.8 Å². The van der Waals surface area contributed by atoms with Gasteiger partial charge in [0.25, 0.3) is 0 Å². The molecule has 0 N–H and O–H groups in total. The van der Waals surface area contributed by atoms with Gasteiger partial charge in [0, 0.05) is 31.5 Å². The second-order valence-electron chi connectivity index (χ2n) is 13.0. The van der Waals surface area contributed by atoms with Crippen LogP contribution in [0, 0.1) is 34.5 Å². The molecule has 1 aliphatic heterocycles. The van der Waals surface area contributed by atoms with E-state index in [1.807, 2.05) is 30.3 Å². The molecule has 1 heterocycles. The van der Waals surface area contributed by atoms with E-state index in [-0.39, 0.29) is 0 Å². The third-order valence-electron chi connectivity index (χ3n) is 11.6. The van der Waals surface area contributed by atoms with Gasteiger partial charge >= 0.3 is 0 Å². The van der Waals surface area contributed by atoms with Crippen molar-refractivity contribution in [2.24, 2.45) is 34.5 Å². The molecule has 1 aromatic carbocycles. The molecule has 4 aliphatic rings. The minimum atomic E-state index is 0.297. The standard InChI is InChI=1S/C32H47NO2/c1-31-21-19-27-25(16-18-29-32(27,2)22-20-30(35)33(29)3)26(31)17-15-24(31)13-9-4-5-10-14-28(34)23-11-7-6-8-12-23/h6-8,11-12,24-27,29H,4-5,9-10,13-22H2,1-3H3/t24-,25-,26-,27-,29+,31+,32+/m0/s1. The summed E-state index contributed by atoms with van der Waals surface area (Å²) in [7, 11) is 2.07. The van der Waals surface area contributed by atoms with E-state index < -0.39 is 0 Å². The molecule has 0 unspecified atom stereocenters. The maximum Gasteiger partial charge on any atom is 0.222 e. The first-order valence-corrected chi connectivity index (χ1v) is 14.7. The predicted molar refractivity (Wildman–Crippen MR) is 142 cm³/mol. The lowest BCUT2D eigenvalue weighted by molar-refractivity contribution is -0.158. The Kier molecular flexibility index (Phi) is 7.16. The minimum Gasteiger partial charge on any atom is -0.342 e. The molecule has 3 nitrogen and oxygen atoms in total. The van der Waals surface area contributed by atoms with Crippen LogP contribution < -0.4 is 0 Å². The number of Topliss-reactive ketones (excluding diaryl/α,β-unsaturated/α-hetero) is 1. The summed E-state index contributed by atoms with van der Waals surface area (Å²) < 4.78 is 0. The smallest absolute Gasteiger partial charge is 0.222 e. The van der Waals surface area contributed by atoms with E-state index in [0.717, 1.165) is 48.5 Å². The average molecular weight is 478 g/mol. The number of unbranched alkanes of at least 4 members (excludes halogenated alkanes) is 3. The summed E-state index contributed by atoms with van der Waals surface area (Å²) in [4.78, 5) is 26.9. The maximum absolute atomic E-state index is 12.4. The SMILES string of the molecule is CN1C(=O)CC[C@]2(C)[C@H]3CC[C@]4(C)[C@@H](CCCCCCC(=O)c5ccccc5)CC[C@H]4[C@@H]3CC[C@@H]12. The Labute approximate surface area is 213 Å². The molecule has 5 rings (SSSR count). The highest BCUT2D eigenvalue weighted by Gasteiger charge is 2.60. The van der Waals surface area contributed by atoms with Gasteiger partial charge in [0.05, 0.1) is 0 Å². The monoisotopic (exact) mass is 477 g/mol. The average Bonchev–Trinajstić information content (AvgIpc) is 3.20. The fraction of sp³-hybridized carbons (Fsp3) is 0.750. The van der Waals surface area contributed by atoms with Crippen molar-refractivity contribution in [2.45, 2.75) is 110 Å². The number of piperidine rings is 1. The Bertz CT molecular complexity index is 911. The van der Waals surface area contributed by atoms with Gasteiger partial charge in [-0.15, -0.1) is 0 Å². The highest BCUT2D eigenvalue weighted by molar-refractivity contribution is 5.95. The largest absolute Gasteiger partial charge is 0.342 e. The maximum atomic E-state index is 12.4. The van der Waals surface area contributed by atoms with Crippen molar-refractivity contribution in [1.29, 1.82) is 0 Å². The van der Waals surface area contributed by atoms with Gasteiger partial charge < -0.3 is 4.90 Å². The molecule has 3 saturated carbocycles. The molecule has 3 heteroatoms. The first-order chi connectivity index (χ1) is 16.8. The summed E-state index contributed by atoms with van der Waals surface area (Å²) in [5.41, 5.74) is 1.73. The quantitative estimate of drug-likeness (QED) is 0.284. The van der Waals surface area contributed by atoms with Gasteiger partial charge in [-0.25, -0.2) is 0 Å². The number of hydrogen-bond donors (Lipinski definition) is 0. The Hall–Kier alpha value is -1.64. The summed E-state index contributed by atoms with van der Waals surface area (Å²) in [5.74, 6) is 4.15. The Morgan fingerprint density at radius 2 is 1.63 bits per heavy atom. The molecule has 0 spiro atoms. The molecule has 35 heavy (non-hydrogen) atoms. The highest BCUT2D eigenvalue weighted by Crippen LogP contribution is 2.66. The van der Waals surface area contributed by atoms with Crippen LogP contribution in [0.2, 0.25) is 0 Å². The molecular weight excluding hydrogens is 430 g/mol. The summed E-state index contributed by atoms with van der Waals surface area (Å²) in [6.45, 7) is 5.18. The number of ketones is 1. The molecule has 4 fully saturated rings. The predicted octanol–water partition coefficient (Wildman–Crippen LogP) is 7.69. The second-order valence-corrected chi connectivity index (χ2v) is 13.0. The number of nitrogens with zero attached hydrogens (tertiary/aromatic N) is 1. The van der Waals surface area contributed by atoms with Crippen LogP contribution in [-0.2, 0) is 4.79 Å². The van der Waals surface area contributed by atoms with Crippen LogP contribution in [0.15, 0.2) is 30.3 Å². The van der Waals surface area contributed by atoms with Crippen LogP contribution in [0.3, 0.4) is 0 Å². The molecule has 3 aliphatic carbocycles. The lowest BCUT2D eigenvalue weighted by atomic mass is 9.46. The van der Waals surface area contributed by atoms with Gasteiger partial charge in [0.2, 0.25) is 5.91 Å². The van der Waals surface area contributed by atoms with Gasteiger partial charge in [0.15, 0.2) is 5.78 Å². The zero-order chi connectivity index (χ0) is 24.6. The molecule has 1 amide bonds. The van der Waals surface area contributed by atoms with Crippen LogP contribution in [0.4, 0.5) is 0 Å². The van der Waals surface area contributed by atoms with Crippen molar-refractivity contribution in [3.63, 3.8) is 0 Å². The van der Waals surface area contributed by atoms with Crippen molar-refractivity contribution < 1.29 is 9.59 Å². The molecule has 0 radical (unpaired) electrons. The van der Waals surface area contributed by atoms with Crippen molar-refractivity contribution in [3.8, 4) is 0 Å². The Balaban J connectivity index is 1.11. The van der Waals surface area contributed by atoms with E-state index in [1.54, 1.807) is 0 Å². The van der Waals surface area contributed by atoms with Crippen LogP contribution in [-0.4, -0.2) is 29.7 Å². The van der Waals surface area contributed by atoms with Crippen molar-refractivity contribution in [1.82, 2.24) is 4.90 Å². The number of carbonyl (C=O) groups is 2. The molecule has 0 bridgehead atoms. The van der Waals surface area contributed by atoms with Gasteiger partial charge in [-0.05, 0) is 92.3 Å². The number of benzene rings is 1. The third kappa shape index (κ3) is 4.51.